The van der Waals surface area contributed by atoms with E-state index in [-0.39, 0.29) is 24.0 Å². The van der Waals surface area contributed by atoms with E-state index in [9.17, 15) is 24.4 Å². The van der Waals surface area contributed by atoms with E-state index in [2.05, 4.69) is 21.2 Å². The van der Waals surface area contributed by atoms with Gasteiger partial charge in [0, 0.05) is 0 Å². The van der Waals surface area contributed by atoms with Gasteiger partial charge >= 0.3 is 20.1 Å². The summed E-state index contributed by atoms with van der Waals surface area (Å²) < 4.78 is 55.1. The number of aliphatic hydroxyl groups excluding tert-OH is 1. The Labute approximate surface area is 251 Å². The number of nitrogens with two attached hydrogens (primary N) is 1. The predicted octanol–water partition coefficient (Wildman–Crippen LogP) is 1.40. The van der Waals surface area contributed by atoms with Crippen molar-refractivity contribution in [3.8, 4) is 12.3 Å². The number of anilines is 1. The van der Waals surface area contributed by atoms with Crippen LogP contribution >= 0.6 is 19.4 Å². The number of fused-ring (bicyclic) bond motifs is 1. The van der Waals surface area contributed by atoms with Crippen LogP contribution in [0.3, 0.4) is 0 Å². The number of terminal acetylenes is 1. The lowest BCUT2D eigenvalue weighted by Gasteiger charge is -2.31. The van der Waals surface area contributed by atoms with Gasteiger partial charge in [-0.25, -0.2) is 33.2 Å². The summed E-state index contributed by atoms with van der Waals surface area (Å²) in [5, 5.41) is 25.5. The Morgan fingerprint density at radius 3 is 2.33 bits per heavy atom. The Morgan fingerprint density at radius 2 is 1.81 bits per heavy atom. The molecule has 0 amide bonds. The molecule has 0 saturated carbocycles. The quantitative estimate of drug-likeness (QED) is 0.0774. The molecule has 43 heavy (non-hydrogen) atoms. The molecule has 0 aliphatic carbocycles. The van der Waals surface area contributed by atoms with Crippen LogP contribution in [0.2, 0.25) is 0 Å². The summed E-state index contributed by atoms with van der Waals surface area (Å²) in [6, 6.07) is 0. The molecular weight excluding hydrogens is 621 g/mol. The maximum atomic E-state index is 13.4. The number of aliphatic imine (C=N–C) groups is 1. The average Bonchev–Trinajstić information content (AvgIpc) is 3.45. The fourth-order valence-corrected chi connectivity index (χ4v) is 5.04. The van der Waals surface area contributed by atoms with Crippen LogP contribution in [0.1, 0.15) is 39.6 Å². The highest BCUT2D eigenvalue weighted by Crippen LogP contribution is 2.53. The van der Waals surface area contributed by atoms with Crippen molar-refractivity contribution >= 4 is 43.4 Å². The van der Waals surface area contributed by atoms with Crippen LogP contribution in [0.15, 0.2) is 11.3 Å². The number of alkyl halides is 1. The zero-order chi connectivity index (χ0) is 32.0. The third-order valence-corrected chi connectivity index (χ3v) is 7.53. The number of nitrogens with one attached hydrogen (secondary N) is 1. The number of nitrogens with zero attached hydrogens (tertiary/aromatic N) is 3. The number of rotatable bonds is 13. The molecule has 1 aromatic heterocycles. The van der Waals surface area contributed by atoms with Crippen LogP contribution in [0.5, 0.6) is 0 Å². The van der Waals surface area contributed by atoms with Gasteiger partial charge in [-0.1, -0.05) is 5.92 Å². The van der Waals surface area contributed by atoms with Crippen molar-refractivity contribution in [3.63, 3.8) is 0 Å². The Bertz CT molecular complexity index is 1250. The maximum Gasteiger partial charge on any atom is 0.510 e. The topological polar surface area (TPSA) is 234 Å². The second kappa shape index (κ2) is 14.1. The lowest BCUT2D eigenvalue weighted by atomic mass is 9.88. The van der Waals surface area contributed by atoms with Gasteiger partial charge in [-0.2, -0.15) is 0 Å². The number of phosphoric ester groups is 1. The molecular formula is C23H33ClN5O13P. The van der Waals surface area contributed by atoms with Gasteiger partial charge in [0.1, 0.15) is 35.7 Å². The van der Waals surface area contributed by atoms with Gasteiger partial charge in [-0.15, -0.1) is 18.0 Å². The van der Waals surface area contributed by atoms with E-state index in [1.807, 2.05) is 0 Å². The first kappa shape index (κ1) is 34.4. The highest BCUT2D eigenvalue weighted by molar-refractivity contribution is 7.48. The zero-order valence-corrected chi connectivity index (χ0v) is 25.3. The molecule has 240 valence electrons. The van der Waals surface area contributed by atoms with Crippen LogP contribution < -0.4 is 11.1 Å². The minimum Gasteiger partial charge on any atom is -0.432 e. The monoisotopic (exact) mass is 653 g/mol. The van der Waals surface area contributed by atoms with Crippen LogP contribution in [0.4, 0.5) is 15.4 Å². The fourth-order valence-electron chi connectivity index (χ4n) is 3.79. The first-order valence-corrected chi connectivity index (χ1v) is 14.6. The molecule has 20 heteroatoms. The predicted molar refractivity (Wildman–Crippen MR) is 146 cm³/mol. The van der Waals surface area contributed by atoms with E-state index in [4.69, 9.17) is 61.0 Å². The van der Waals surface area contributed by atoms with Crippen molar-refractivity contribution in [1.29, 1.82) is 0 Å². The van der Waals surface area contributed by atoms with Gasteiger partial charge in [0.25, 0.3) is 0 Å². The molecule has 1 fully saturated rings. The molecule has 0 aromatic carbocycles. The highest BCUT2D eigenvalue weighted by Gasteiger charge is 2.64. The second-order valence-electron chi connectivity index (χ2n) is 9.60. The number of hydrogen-bond donors (Lipinski definition) is 4. The molecule has 18 nitrogen and oxygen atoms in total. The average molecular weight is 654 g/mol. The van der Waals surface area contributed by atoms with Crippen molar-refractivity contribution in [2.75, 3.05) is 38.1 Å². The summed E-state index contributed by atoms with van der Waals surface area (Å²) in [5.74, 6) is 1.92. The summed E-state index contributed by atoms with van der Waals surface area (Å²) in [5.41, 5.74) is 1.65. The first-order valence-electron chi connectivity index (χ1n) is 12.6. The van der Waals surface area contributed by atoms with Crippen LogP contribution in [0, 0.1) is 12.3 Å². The SMILES string of the molecule is C#C[C@]1(O)[C@@H](n2cnc3c2NCN=C3N)O[C@](CCl)(COP(=O)(OCOC(=O)OC(C)C)OCOC(=O)OC(C)C)[C@H]1O. The summed E-state index contributed by atoms with van der Waals surface area (Å²) in [7, 11) is -4.80. The van der Waals surface area contributed by atoms with Crippen molar-refractivity contribution in [1.82, 2.24) is 9.55 Å². The minimum atomic E-state index is -4.80. The Balaban J connectivity index is 1.81. The van der Waals surface area contributed by atoms with Crippen molar-refractivity contribution < 1.29 is 61.6 Å². The number of carbonyl (C=O) groups is 2. The van der Waals surface area contributed by atoms with E-state index in [1.54, 1.807) is 27.7 Å². The Morgan fingerprint density at radius 1 is 1.23 bits per heavy atom. The largest absolute Gasteiger partial charge is 0.510 e. The lowest BCUT2D eigenvalue weighted by molar-refractivity contribution is -0.119. The molecule has 0 unspecified atom stereocenters. The number of phosphoric acid groups is 1. The van der Waals surface area contributed by atoms with Gasteiger partial charge in [-0.05, 0) is 27.7 Å². The lowest BCUT2D eigenvalue weighted by Crippen LogP contribution is -2.53. The molecule has 3 rings (SSSR count). The van der Waals surface area contributed by atoms with Gasteiger partial charge in [0.2, 0.25) is 13.6 Å². The van der Waals surface area contributed by atoms with E-state index >= 15 is 0 Å². The minimum absolute atomic E-state index is 0.0788. The summed E-state index contributed by atoms with van der Waals surface area (Å²) in [6.45, 7) is 3.46. The number of halogens is 1. The van der Waals surface area contributed by atoms with Gasteiger partial charge in [0.05, 0.1) is 31.0 Å². The van der Waals surface area contributed by atoms with Crippen LogP contribution in [0.25, 0.3) is 0 Å². The fraction of sp³-hybridized carbons (Fsp3) is 0.652. The molecule has 0 bridgehead atoms. The number of hydrogen-bond acceptors (Lipinski definition) is 17. The third-order valence-electron chi connectivity index (χ3n) is 5.79. The van der Waals surface area contributed by atoms with E-state index in [0.29, 0.717) is 0 Å². The number of imidazole rings is 1. The Kier molecular flexibility index (Phi) is 11.3. The van der Waals surface area contributed by atoms with Gasteiger partial charge in [-0.3, -0.25) is 9.09 Å². The molecule has 0 spiro atoms. The molecule has 3 heterocycles. The number of aromatic nitrogens is 2. The molecule has 2 aliphatic heterocycles. The molecule has 5 N–H and O–H groups in total. The molecule has 1 aromatic rings. The number of ether oxygens (including phenoxy) is 5. The van der Waals surface area contributed by atoms with Gasteiger partial charge < -0.3 is 44.9 Å². The second-order valence-corrected chi connectivity index (χ2v) is 11.5. The number of aliphatic hydroxyl groups is 2. The normalized spacial score (nSPS) is 25.0. The van der Waals surface area contributed by atoms with Crippen molar-refractivity contribution in [2.24, 2.45) is 10.7 Å². The molecule has 4 atom stereocenters. The molecule has 2 aliphatic rings. The van der Waals surface area contributed by atoms with Crippen molar-refractivity contribution in [3.05, 3.63) is 12.0 Å². The highest BCUT2D eigenvalue weighted by atomic mass is 35.5. The first-order chi connectivity index (χ1) is 20.2. The van der Waals surface area contributed by atoms with Crippen LogP contribution in [-0.2, 0) is 41.8 Å². The van der Waals surface area contributed by atoms with Gasteiger partial charge in [0.15, 0.2) is 11.8 Å². The standard InChI is InChI=1S/C23H33ClN5O13P/c1-6-23(33)18(30)22(7-24,42-19(23)29-10-28-15-16(25)26-9-27-17(15)29)8-37-43(34,38-11-35-20(31)40-13(2)3)39-12-36-21(32)41-14(4)5/h1,10,13-14,18-19,27,30,33H,7-9,11-12H2,2-5H3,(H2,25,26)/t18-,19+,22-,23-/m1/s1. The smallest absolute Gasteiger partial charge is 0.432 e. The van der Waals surface area contributed by atoms with Crippen molar-refractivity contribution in [2.45, 2.75) is 63.4 Å². The zero-order valence-electron chi connectivity index (χ0n) is 23.6. The number of carbonyl (C=O) groups excluding carboxylic acids is 2. The Hall–Kier alpha value is -3.14. The maximum absolute atomic E-state index is 13.4. The summed E-state index contributed by atoms with van der Waals surface area (Å²) in [6.07, 6.45) is 0.0202. The molecule has 0 radical (unpaired) electrons. The summed E-state index contributed by atoms with van der Waals surface area (Å²) >= 11 is 6.19. The summed E-state index contributed by atoms with van der Waals surface area (Å²) in [4.78, 5) is 31.6. The van der Waals surface area contributed by atoms with E-state index in [1.165, 1.54) is 10.9 Å². The van der Waals surface area contributed by atoms with Crippen LogP contribution in [-0.4, -0.2) is 100 Å². The van der Waals surface area contributed by atoms with E-state index < -0.39 is 81.9 Å². The van der Waals surface area contributed by atoms with E-state index in [0.717, 1.165) is 0 Å². The molecule has 1 saturated heterocycles. The third kappa shape index (κ3) is 7.88. The number of amidine groups is 1.